The summed E-state index contributed by atoms with van der Waals surface area (Å²) in [4.78, 5) is 4.57. The van der Waals surface area contributed by atoms with E-state index in [-0.39, 0.29) is 18.1 Å². The van der Waals surface area contributed by atoms with Crippen LogP contribution in [0.3, 0.4) is 0 Å². The zero-order chi connectivity index (χ0) is 20.5. The van der Waals surface area contributed by atoms with E-state index in [0.717, 1.165) is 0 Å². The molecule has 0 saturated carbocycles. The number of hydrogen-bond donors (Lipinski definition) is 2. The number of halogens is 2. The lowest BCUT2D eigenvalue weighted by Crippen LogP contribution is -2.49. The van der Waals surface area contributed by atoms with Gasteiger partial charge in [0.2, 0.25) is 0 Å². The maximum Gasteiger partial charge on any atom is 0.192 e. The third kappa shape index (κ3) is 4.42. The molecule has 1 fully saturated rings. The van der Waals surface area contributed by atoms with Gasteiger partial charge in [0.1, 0.15) is 5.60 Å². The maximum atomic E-state index is 13.1. The van der Waals surface area contributed by atoms with Crippen LogP contribution in [0.25, 0.3) is 0 Å². The molecule has 28 heavy (non-hydrogen) atoms. The zero-order valence-corrected chi connectivity index (χ0v) is 17.9. The fraction of sp³-hybridized carbons (Fsp3) is 0.333. The van der Waals surface area contributed by atoms with Crippen LogP contribution in [0, 0.1) is 11.3 Å². The van der Waals surface area contributed by atoms with Crippen LogP contribution in [0.4, 0.5) is 0 Å². The Bertz CT molecular complexity index is 895. The highest BCUT2D eigenvalue weighted by molar-refractivity contribution is 8.00. The first-order valence-electron chi connectivity index (χ1n) is 8.29. The zero-order valence-electron chi connectivity index (χ0n) is 14.7. The van der Waals surface area contributed by atoms with Crippen molar-refractivity contribution in [2.45, 2.75) is 33.8 Å². The quantitative estimate of drug-likeness (QED) is 0.664. The third-order valence-corrected chi connectivity index (χ3v) is 7.98. The van der Waals surface area contributed by atoms with Gasteiger partial charge >= 0.3 is 0 Å². The van der Waals surface area contributed by atoms with Crippen molar-refractivity contribution in [2.75, 3.05) is 13.1 Å². The topological polar surface area (TPSA) is 103 Å². The molecule has 0 spiro atoms. The fourth-order valence-electron chi connectivity index (χ4n) is 2.89. The van der Waals surface area contributed by atoms with Crippen molar-refractivity contribution in [3.8, 4) is 6.07 Å². The Hall–Kier alpha value is -1.02. The molecule has 1 aliphatic rings. The molecule has 2 unspecified atom stereocenters. The molecule has 6 nitrogen and oxygen atoms in total. The van der Waals surface area contributed by atoms with Gasteiger partial charge in [0, 0.05) is 6.20 Å². The van der Waals surface area contributed by atoms with E-state index in [0.29, 0.717) is 20.5 Å². The van der Waals surface area contributed by atoms with Crippen LogP contribution in [0.1, 0.15) is 12.5 Å². The molecule has 2 N–H and O–H groups in total. The van der Waals surface area contributed by atoms with E-state index in [2.05, 4.69) is 4.98 Å². The lowest BCUT2D eigenvalue weighted by atomic mass is 9.97. The van der Waals surface area contributed by atoms with Crippen LogP contribution in [0.5, 0.6) is 0 Å². The first kappa shape index (κ1) is 21.7. The highest BCUT2D eigenvalue weighted by atomic mass is 35.5. The van der Waals surface area contributed by atoms with E-state index in [9.17, 15) is 14.8 Å². The minimum absolute atomic E-state index is 0.00113. The number of nitrogens with zero attached hydrogens (tertiary/aromatic N) is 3. The Kier molecular flexibility index (Phi) is 6.80. The molecule has 148 valence electrons. The summed E-state index contributed by atoms with van der Waals surface area (Å²) >= 11 is 11.7. The summed E-state index contributed by atoms with van der Waals surface area (Å²) in [5.41, 5.74) is -1.12. The normalized spacial score (nSPS) is 24.7. The summed E-state index contributed by atoms with van der Waals surface area (Å²) in [7, 11) is 0. The predicted octanol–water partition coefficient (Wildman–Crippen LogP) is 2.87. The lowest BCUT2D eigenvalue weighted by molar-refractivity contribution is -0.0500. The molecule has 1 saturated heterocycles. The van der Waals surface area contributed by atoms with Gasteiger partial charge in [0.05, 0.1) is 62.5 Å². The van der Waals surface area contributed by atoms with Gasteiger partial charge in [-0.05, 0) is 37.3 Å². The molecule has 4 atom stereocenters. The molecule has 2 aromatic rings. The Morgan fingerprint density at radius 3 is 2.75 bits per heavy atom. The molecular formula is C18H17Cl2N3O3S2. The van der Waals surface area contributed by atoms with Crippen LogP contribution in [-0.2, 0) is 11.4 Å². The maximum absolute atomic E-state index is 13.1. The molecule has 1 aromatic carbocycles. The van der Waals surface area contributed by atoms with Gasteiger partial charge in [-0.25, -0.2) is 4.98 Å². The number of aliphatic hydroxyl groups is 2. The van der Waals surface area contributed by atoms with E-state index < -0.39 is 28.3 Å². The van der Waals surface area contributed by atoms with Crippen molar-refractivity contribution in [3.05, 3.63) is 52.1 Å². The van der Waals surface area contributed by atoms with Crippen molar-refractivity contribution in [1.29, 1.82) is 5.26 Å². The molecule has 10 heteroatoms. The lowest BCUT2D eigenvalue weighted by Gasteiger charge is -2.30. The van der Waals surface area contributed by atoms with Crippen molar-refractivity contribution in [3.63, 3.8) is 0 Å². The van der Waals surface area contributed by atoms with E-state index in [1.165, 1.54) is 30.9 Å². The molecule has 1 aromatic heterocycles. The summed E-state index contributed by atoms with van der Waals surface area (Å²) in [5, 5.41) is 31.1. The Labute approximate surface area is 180 Å². The molecule has 2 heterocycles. The van der Waals surface area contributed by atoms with E-state index in [1.807, 2.05) is 6.07 Å². The SMILES string of the molecule is C[C@@H](O)C1(O)CN([S+]([O-])c2ccc(C#N)cc2Cl)C[C@@H]1Sc1ccc(Cl)cn1. The van der Waals surface area contributed by atoms with Crippen molar-refractivity contribution in [1.82, 2.24) is 9.29 Å². The number of aromatic nitrogens is 1. The molecule has 0 aliphatic carbocycles. The van der Waals surface area contributed by atoms with E-state index >= 15 is 0 Å². The smallest absolute Gasteiger partial charge is 0.192 e. The monoisotopic (exact) mass is 457 g/mol. The van der Waals surface area contributed by atoms with Crippen LogP contribution >= 0.6 is 35.0 Å². The van der Waals surface area contributed by atoms with Gasteiger partial charge in [0.25, 0.3) is 0 Å². The first-order valence-corrected chi connectivity index (χ1v) is 11.0. The summed E-state index contributed by atoms with van der Waals surface area (Å²) in [5.74, 6) is 0. The molecule has 1 aliphatic heterocycles. The number of β-amino-alcohol motifs (C(OH)–C–C–N with tert-alkyl or cyclic N) is 1. The van der Waals surface area contributed by atoms with Crippen molar-refractivity contribution < 1.29 is 14.8 Å². The van der Waals surface area contributed by atoms with Crippen LogP contribution in [0.15, 0.2) is 46.5 Å². The summed E-state index contributed by atoms with van der Waals surface area (Å²) in [6.45, 7) is 1.75. The highest BCUT2D eigenvalue weighted by Crippen LogP contribution is 2.40. The van der Waals surface area contributed by atoms with Crippen LogP contribution in [0.2, 0.25) is 10.0 Å². The highest BCUT2D eigenvalue weighted by Gasteiger charge is 2.53. The van der Waals surface area contributed by atoms with E-state index in [1.54, 1.807) is 28.6 Å². The minimum Gasteiger partial charge on any atom is -0.593 e. The number of aliphatic hydroxyl groups excluding tert-OH is 1. The third-order valence-electron chi connectivity index (χ3n) is 4.53. The van der Waals surface area contributed by atoms with Crippen LogP contribution in [-0.4, -0.2) is 54.1 Å². The molecular weight excluding hydrogens is 441 g/mol. The van der Waals surface area contributed by atoms with E-state index in [4.69, 9.17) is 28.5 Å². The van der Waals surface area contributed by atoms with Gasteiger partial charge in [-0.15, -0.1) is 4.31 Å². The largest absolute Gasteiger partial charge is 0.593 e. The second-order valence-electron chi connectivity index (χ2n) is 6.42. The average molecular weight is 458 g/mol. The Morgan fingerprint density at radius 2 is 2.18 bits per heavy atom. The average Bonchev–Trinajstić information content (AvgIpc) is 3.01. The molecule has 0 amide bonds. The second kappa shape index (κ2) is 8.78. The van der Waals surface area contributed by atoms with Gasteiger partial charge in [-0.2, -0.15) is 5.26 Å². The number of pyridine rings is 1. The first-order chi connectivity index (χ1) is 13.2. The van der Waals surface area contributed by atoms with Crippen LogP contribution < -0.4 is 0 Å². The van der Waals surface area contributed by atoms with Gasteiger partial charge < -0.3 is 14.8 Å². The summed E-state index contributed by atoms with van der Waals surface area (Å²) in [6, 6.07) is 9.94. The molecule has 0 radical (unpaired) electrons. The van der Waals surface area contributed by atoms with Gasteiger partial charge in [0.15, 0.2) is 4.90 Å². The van der Waals surface area contributed by atoms with Crippen molar-refractivity contribution >= 4 is 46.3 Å². The number of hydrogen-bond acceptors (Lipinski definition) is 7. The molecule has 3 rings (SSSR count). The second-order valence-corrected chi connectivity index (χ2v) is 9.94. The summed E-state index contributed by atoms with van der Waals surface area (Å²) in [6.07, 6.45) is 0.461. The van der Waals surface area contributed by atoms with Gasteiger partial charge in [-0.1, -0.05) is 35.0 Å². The Balaban J connectivity index is 1.84. The number of benzene rings is 1. The predicted molar refractivity (Wildman–Crippen MR) is 110 cm³/mol. The molecule has 0 bridgehead atoms. The minimum atomic E-state index is -1.66. The van der Waals surface area contributed by atoms with Crippen molar-refractivity contribution in [2.24, 2.45) is 0 Å². The van der Waals surface area contributed by atoms with Gasteiger partial charge in [-0.3, -0.25) is 0 Å². The number of nitriles is 1. The number of rotatable bonds is 5. The Morgan fingerprint density at radius 1 is 1.43 bits per heavy atom. The number of thioether (sulfide) groups is 1. The fourth-order valence-corrected chi connectivity index (χ4v) is 6.05. The standard InChI is InChI=1S/C18H17Cl2N3O3S2/c1-11(24)18(25)10-23(9-16(18)27-17-5-3-13(19)8-22-17)28(26)15-4-2-12(7-21)6-14(15)20/h2-6,8,11,16,24-25H,9-10H2,1H3/t11-,16+,18?,28?/m1/s1. The summed E-state index contributed by atoms with van der Waals surface area (Å²) < 4.78 is 14.6.